The molecule has 2 aromatic rings. The Morgan fingerprint density at radius 1 is 1.28 bits per heavy atom. The zero-order valence-corrected chi connectivity index (χ0v) is 11.9. The van der Waals surface area contributed by atoms with Crippen molar-refractivity contribution in [1.29, 1.82) is 0 Å². The van der Waals surface area contributed by atoms with Crippen LogP contribution in [0.3, 0.4) is 0 Å². The molecule has 0 radical (unpaired) electrons. The van der Waals surface area contributed by atoms with Crippen molar-refractivity contribution in [2.45, 2.75) is 53.6 Å². The third-order valence-electron chi connectivity index (χ3n) is 3.95. The lowest BCUT2D eigenvalue weighted by atomic mass is 10.0. The number of hydrogen-bond donors (Lipinski definition) is 1. The van der Waals surface area contributed by atoms with Crippen LogP contribution in [0.15, 0.2) is 0 Å². The van der Waals surface area contributed by atoms with Crippen LogP contribution in [-0.4, -0.2) is 19.3 Å². The van der Waals surface area contributed by atoms with E-state index >= 15 is 0 Å². The second-order valence-corrected chi connectivity index (χ2v) is 5.04. The van der Waals surface area contributed by atoms with E-state index in [1.807, 2.05) is 11.6 Å². The zero-order chi connectivity index (χ0) is 13.4. The average Bonchev–Trinajstić information content (AvgIpc) is 2.84. The van der Waals surface area contributed by atoms with Crippen molar-refractivity contribution in [1.82, 2.24) is 19.3 Å². The highest BCUT2D eigenvalue weighted by Crippen LogP contribution is 2.29. The lowest BCUT2D eigenvalue weighted by Gasteiger charge is -2.22. The summed E-state index contributed by atoms with van der Waals surface area (Å²) in [6.45, 7) is 11.6. The quantitative estimate of drug-likeness (QED) is 0.906. The van der Waals surface area contributed by atoms with Crippen molar-refractivity contribution in [3.63, 3.8) is 0 Å². The number of nitrogens with zero attached hydrogens (tertiary/aromatic N) is 4. The number of aryl methyl sites for hydroxylation is 2. The SMILES string of the molecule is CCC(C)C(C)n1c(N)nc2c(C)nn(CC)c21. The summed E-state index contributed by atoms with van der Waals surface area (Å²) in [6, 6.07) is 0.335. The Kier molecular flexibility index (Phi) is 3.32. The highest BCUT2D eigenvalue weighted by Gasteiger charge is 2.22. The Morgan fingerprint density at radius 3 is 2.50 bits per heavy atom. The first kappa shape index (κ1) is 12.9. The number of rotatable bonds is 4. The summed E-state index contributed by atoms with van der Waals surface area (Å²) in [7, 11) is 0. The van der Waals surface area contributed by atoms with Crippen molar-refractivity contribution >= 4 is 17.1 Å². The molecule has 100 valence electrons. The molecule has 2 rings (SSSR count). The van der Waals surface area contributed by atoms with Gasteiger partial charge in [0.1, 0.15) is 5.52 Å². The summed E-state index contributed by atoms with van der Waals surface area (Å²) in [5, 5.41) is 4.52. The fraction of sp³-hybridized carbons (Fsp3) is 0.692. The first-order valence-electron chi connectivity index (χ1n) is 6.72. The van der Waals surface area contributed by atoms with Gasteiger partial charge in [0.2, 0.25) is 5.95 Å². The van der Waals surface area contributed by atoms with Gasteiger partial charge in [-0.1, -0.05) is 20.3 Å². The summed E-state index contributed by atoms with van der Waals surface area (Å²) >= 11 is 0. The molecule has 18 heavy (non-hydrogen) atoms. The molecule has 2 atom stereocenters. The van der Waals surface area contributed by atoms with Crippen LogP contribution in [-0.2, 0) is 6.54 Å². The van der Waals surface area contributed by atoms with E-state index in [1.54, 1.807) is 0 Å². The molecule has 2 unspecified atom stereocenters. The van der Waals surface area contributed by atoms with Gasteiger partial charge in [0.05, 0.1) is 5.69 Å². The molecule has 0 fully saturated rings. The van der Waals surface area contributed by atoms with Crippen LogP contribution in [0.5, 0.6) is 0 Å². The first-order valence-corrected chi connectivity index (χ1v) is 6.72. The lowest BCUT2D eigenvalue weighted by molar-refractivity contribution is 0.376. The van der Waals surface area contributed by atoms with E-state index < -0.39 is 0 Å². The van der Waals surface area contributed by atoms with E-state index in [0.717, 1.165) is 29.8 Å². The number of nitrogen functional groups attached to an aromatic ring is 1. The van der Waals surface area contributed by atoms with Crippen LogP contribution in [0.4, 0.5) is 5.95 Å². The third kappa shape index (κ3) is 1.78. The fourth-order valence-electron chi connectivity index (χ4n) is 2.42. The standard InChI is InChI=1S/C13H23N5/c1-6-8(3)10(5)18-12-11(15-13(18)14)9(4)16-17(12)7-2/h8,10H,6-7H2,1-5H3,(H2,14,15). The molecule has 0 saturated heterocycles. The van der Waals surface area contributed by atoms with Crippen molar-refractivity contribution in [3.05, 3.63) is 5.69 Å². The molecule has 0 saturated carbocycles. The number of anilines is 1. The second kappa shape index (κ2) is 4.63. The molecule has 0 spiro atoms. The van der Waals surface area contributed by atoms with Gasteiger partial charge < -0.3 is 5.73 Å². The molecule has 0 amide bonds. The molecule has 0 aliphatic rings. The van der Waals surface area contributed by atoms with Crippen molar-refractivity contribution < 1.29 is 0 Å². The molecule has 0 aliphatic carbocycles. The Morgan fingerprint density at radius 2 is 1.94 bits per heavy atom. The molecule has 0 aliphatic heterocycles. The van der Waals surface area contributed by atoms with Crippen molar-refractivity contribution in [2.75, 3.05) is 5.73 Å². The minimum atomic E-state index is 0.335. The number of hydrogen-bond acceptors (Lipinski definition) is 3. The van der Waals surface area contributed by atoms with Crippen molar-refractivity contribution in [2.24, 2.45) is 5.92 Å². The summed E-state index contributed by atoms with van der Waals surface area (Å²) < 4.78 is 4.12. The second-order valence-electron chi connectivity index (χ2n) is 5.04. The maximum Gasteiger partial charge on any atom is 0.202 e. The van der Waals surface area contributed by atoms with Gasteiger partial charge in [0.25, 0.3) is 0 Å². The molecule has 5 heteroatoms. The number of nitrogens with two attached hydrogens (primary N) is 1. The largest absolute Gasteiger partial charge is 0.369 e. The lowest BCUT2D eigenvalue weighted by Crippen LogP contribution is -2.17. The molecule has 2 N–H and O–H groups in total. The molecule has 0 bridgehead atoms. The number of imidazole rings is 1. The molecule has 5 nitrogen and oxygen atoms in total. The Balaban J connectivity index is 2.65. The number of aromatic nitrogens is 4. The van der Waals surface area contributed by atoms with Crippen LogP contribution in [0.2, 0.25) is 0 Å². The monoisotopic (exact) mass is 249 g/mol. The minimum absolute atomic E-state index is 0.335. The maximum atomic E-state index is 6.09. The van der Waals surface area contributed by atoms with E-state index in [9.17, 15) is 0 Å². The van der Waals surface area contributed by atoms with Gasteiger partial charge in [-0.3, -0.25) is 4.57 Å². The maximum absolute atomic E-state index is 6.09. The summed E-state index contributed by atoms with van der Waals surface area (Å²) in [4.78, 5) is 4.48. The van der Waals surface area contributed by atoms with E-state index in [4.69, 9.17) is 5.73 Å². The summed E-state index contributed by atoms with van der Waals surface area (Å²) in [5.74, 6) is 1.16. The van der Waals surface area contributed by atoms with Crippen LogP contribution in [0.25, 0.3) is 11.2 Å². The Bertz CT molecular complexity index is 551. The smallest absolute Gasteiger partial charge is 0.202 e. The van der Waals surface area contributed by atoms with Gasteiger partial charge in [0, 0.05) is 12.6 Å². The Labute approximate surface area is 108 Å². The van der Waals surface area contributed by atoms with Gasteiger partial charge in [-0.2, -0.15) is 5.10 Å². The van der Waals surface area contributed by atoms with Gasteiger partial charge in [-0.05, 0) is 26.7 Å². The van der Waals surface area contributed by atoms with Crippen LogP contribution in [0, 0.1) is 12.8 Å². The van der Waals surface area contributed by atoms with Gasteiger partial charge in [-0.15, -0.1) is 0 Å². The van der Waals surface area contributed by atoms with E-state index in [-0.39, 0.29) is 0 Å². The average molecular weight is 249 g/mol. The zero-order valence-electron chi connectivity index (χ0n) is 11.9. The first-order chi connectivity index (χ1) is 8.51. The fourth-order valence-corrected chi connectivity index (χ4v) is 2.42. The molecule has 2 heterocycles. The van der Waals surface area contributed by atoms with Gasteiger partial charge in [0.15, 0.2) is 5.65 Å². The highest BCUT2D eigenvalue weighted by atomic mass is 15.4. The van der Waals surface area contributed by atoms with E-state index in [0.29, 0.717) is 17.9 Å². The highest BCUT2D eigenvalue weighted by molar-refractivity contribution is 5.77. The van der Waals surface area contributed by atoms with Crippen LogP contribution < -0.4 is 5.73 Å². The predicted molar refractivity (Wildman–Crippen MR) is 74.5 cm³/mol. The Hall–Kier alpha value is -1.52. The summed E-state index contributed by atoms with van der Waals surface area (Å²) in [5.41, 5.74) is 9.04. The molecular weight excluding hydrogens is 226 g/mol. The topological polar surface area (TPSA) is 61.7 Å². The minimum Gasteiger partial charge on any atom is -0.369 e. The van der Waals surface area contributed by atoms with E-state index in [2.05, 4.69) is 42.3 Å². The number of fused-ring (bicyclic) bond motifs is 1. The molecule has 2 aromatic heterocycles. The normalized spacial score (nSPS) is 15.2. The predicted octanol–water partition coefficient (Wildman–Crippen LogP) is 2.75. The van der Waals surface area contributed by atoms with Crippen LogP contribution >= 0.6 is 0 Å². The van der Waals surface area contributed by atoms with E-state index in [1.165, 1.54) is 0 Å². The third-order valence-corrected chi connectivity index (χ3v) is 3.95. The summed E-state index contributed by atoms with van der Waals surface area (Å²) in [6.07, 6.45) is 1.12. The van der Waals surface area contributed by atoms with Crippen LogP contribution in [0.1, 0.15) is 45.9 Å². The molecular formula is C13H23N5. The van der Waals surface area contributed by atoms with Gasteiger partial charge in [-0.25, -0.2) is 9.67 Å². The van der Waals surface area contributed by atoms with Gasteiger partial charge >= 0.3 is 0 Å². The van der Waals surface area contributed by atoms with Crippen molar-refractivity contribution in [3.8, 4) is 0 Å². The molecule has 0 aromatic carbocycles.